The van der Waals surface area contributed by atoms with Gasteiger partial charge in [0.15, 0.2) is 12.0 Å². The molecule has 4 rings (SSSR count). The summed E-state index contributed by atoms with van der Waals surface area (Å²) >= 11 is 1.22. The standard InChI is InChI=1S/C22H21N2O2S/c1-17-13-21(27-26-25-20-11-7-4-8-12-20)14-18-15-24(16-23(2)22(17)18)19-9-5-3-6-10-19/h3-15H,16H2,1-2H3/q+1. The first kappa shape index (κ1) is 17.6. The second-order valence-corrected chi connectivity index (χ2v) is 7.27. The number of fused-ring (bicyclic) bond motifs is 1. The molecular formula is C22H21N2O2S+. The van der Waals surface area contributed by atoms with Crippen molar-refractivity contribution in [1.29, 1.82) is 0 Å². The summed E-state index contributed by atoms with van der Waals surface area (Å²) in [6.45, 7) is 2.95. The van der Waals surface area contributed by atoms with Crippen molar-refractivity contribution in [3.05, 3.63) is 83.9 Å². The first-order valence-corrected chi connectivity index (χ1v) is 9.53. The molecule has 0 fully saturated rings. The number of para-hydroxylation sites is 2. The van der Waals surface area contributed by atoms with E-state index in [9.17, 15) is 0 Å². The van der Waals surface area contributed by atoms with Gasteiger partial charge in [-0.25, -0.2) is 0 Å². The lowest BCUT2D eigenvalue weighted by Gasteiger charge is -2.25. The van der Waals surface area contributed by atoms with E-state index >= 15 is 0 Å². The molecule has 3 aromatic rings. The van der Waals surface area contributed by atoms with Gasteiger partial charge in [0.25, 0.3) is 0 Å². The smallest absolute Gasteiger partial charge is 0.224 e. The van der Waals surface area contributed by atoms with Crippen molar-refractivity contribution in [2.24, 2.45) is 0 Å². The van der Waals surface area contributed by atoms with Crippen LogP contribution >= 0.6 is 12.0 Å². The van der Waals surface area contributed by atoms with Crippen LogP contribution in [-0.4, -0.2) is 24.5 Å². The minimum atomic E-state index is 0.682. The number of anilines is 1. The van der Waals surface area contributed by atoms with Crippen molar-refractivity contribution in [3.63, 3.8) is 0 Å². The third-order valence-corrected chi connectivity index (χ3v) is 5.00. The summed E-state index contributed by atoms with van der Waals surface area (Å²) in [7, 11) is 2.12. The summed E-state index contributed by atoms with van der Waals surface area (Å²) in [5.41, 5.74) is 4.80. The Morgan fingerprint density at radius 1 is 0.963 bits per heavy atom. The molecular weight excluding hydrogens is 356 g/mol. The molecule has 27 heavy (non-hydrogen) atoms. The zero-order valence-electron chi connectivity index (χ0n) is 15.3. The predicted molar refractivity (Wildman–Crippen MR) is 110 cm³/mol. The average molecular weight is 377 g/mol. The summed E-state index contributed by atoms with van der Waals surface area (Å²) in [5.74, 6) is 0.682. The van der Waals surface area contributed by atoms with Crippen LogP contribution in [-0.2, 0) is 4.33 Å². The fourth-order valence-corrected chi connectivity index (χ4v) is 3.89. The van der Waals surface area contributed by atoms with Crippen LogP contribution in [0, 0.1) is 6.92 Å². The Morgan fingerprint density at radius 3 is 2.41 bits per heavy atom. The van der Waals surface area contributed by atoms with Gasteiger partial charge in [-0.3, -0.25) is 0 Å². The van der Waals surface area contributed by atoms with Crippen LogP contribution in [0.3, 0.4) is 0 Å². The first-order chi connectivity index (χ1) is 13.2. The summed E-state index contributed by atoms with van der Waals surface area (Å²) in [4.78, 5) is 8.61. The zero-order chi connectivity index (χ0) is 18.6. The molecule has 4 nitrogen and oxygen atoms in total. The molecule has 1 aliphatic rings. The number of rotatable bonds is 5. The van der Waals surface area contributed by atoms with Gasteiger partial charge < -0.3 is 9.79 Å². The lowest BCUT2D eigenvalue weighted by atomic mass is 10.1. The van der Waals surface area contributed by atoms with Crippen molar-refractivity contribution in [2.75, 3.05) is 18.6 Å². The molecule has 1 aliphatic heterocycles. The first-order valence-electron chi connectivity index (χ1n) is 8.79. The van der Waals surface area contributed by atoms with Gasteiger partial charge in [0.2, 0.25) is 12.4 Å². The third-order valence-electron chi connectivity index (χ3n) is 4.44. The second-order valence-electron chi connectivity index (χ2n) is 6.50. The number of hydrogen-bond acceptors (Lipinski definition) is 4. The SMILES string of the molecule is Cc1cc(SOOc2ccccc2)cc2c1N(C)C[N+](c1ccccc1)=C2. The fourth-order valence-electron chi connectivity index (χ4n) is 3.30. The predicted octanol–water partition coefficient (Wildman–Crippen LogP) is 5.18. The molecule has 0 spiro atoms. The van der Waals surface area contributed by atoms with Crippen LogP contribution in [0.25, 0.3) is 0 Å². The van der Waals surface area contributed by atoms with Gasteiger partial charge >= 0.3 is 0 Å². The van der Waals surface area contributed by atoms with E-state index in [1.165, 1.54) is 34.5 Å². The van der Waals surface area contributed by atoms with Crippen molar-refractivity contribution >= 4 is 29.6 Å². The van der Waals surface area contributed by atoms with E-state index in [0.29, 0.717) is 5.75 Å². The number of nitrogens with zero attached hydrogens (tertiary/aromatic N) is 2. The molecule has 0 amide bonds. The van der Waals surface area contributed by atoms with Crippen LogP contribution in [0.15, 0.2) is 77.7 Å². The molecule has 0 saturated carbocycles. The molecule has 0 unspecified atom stereocenters. The lowest BCUT2D eigenvalue weighted by Crippen LogP contribution is -2.32. The number of benzene rings is 3. The molecule has 0 aromatic heterocycles. The maximum absolute atomic E-state index is 5.37. The van der Waals surface area contributed by atoms with Crippen molar-refractivity contribution in [3.8, 4) is 5.75 Å². The lowest BCUT2D eigenvalue weighted by molar-refractivity contribution is -0.435. The molecule has 0 atom stereocenters. The summed E-state index contributed by atoms with van der Waals surface area (Å²) in [6.07, 6.45) is 2.19. The van der Waals surface area contributed by atoms with Gasteiger partial charge in [0.05, 0.1) is 23.3 Å². The Morgan fingerprint density at radius 2 is 1.67 bits per heavy atom. The quantitative estimate of drug-likeness (QED) is 0.265. The minimum absolute atomic E-state index is 0.682. The third kappa shape index (κ3) is 3.99. The number of hydrogen-bond donors (Lipinski definition) is 0. The molecule has 0 saturated heterocycles. The highest BCUT2D eigenvalue weighted by atomic mass is 32.2. The van der Waals surface area contributed by atoms with Gasteiger partial charge in [-0.15, -0.1) is 4.33 Å². The normalized spacial score (nSPS) is 13.1. The number of aryl methyl sites for hydroxylation is 1. The fraction of sp³-hybridized carbons (Fsp3) is 0.136. The van der Waals surface area contributed by atoms with E-state index < -0.39 is 0 Å². The van der Waals surface area contributed by atoms with E-state index in [4.69, 9.17) is 9.22 Å². The monoisotopic (exact) mass is 377 g/mol. The van der Waals surface area contributed by atoms with E-state index in [0.717, 1.165) is 11.6 Å². The van der Waals surface area contributed by atoms with E-state index in [-0.39, 0.29) is 0 Å². The Bertz CT molecular complexity index is 959. The molecule has 5 heteroatoms. The van der Waals surface area contributed by atoms with E-state index in [1.807, 2.05) is 36.4 Å². The minimum Gasteiger partial charge on any atom is -0.325 e. The highest BCUT2D eigenvalue weighted by Gasteiger charge is 2.24. The van der Waals surface area contributed by atoms with E-state index in [1.54, 1.807) is 0 Å². The van der Waals surface area contributed by atoms with Crippen LogP contribution in [0.4, 0.5) is 11.4 Å². The maximum atomic E-state index is 5.37. The van der Waals surface area contributed by atoms with Crippen LogP contribution in [0.1, 0.15) is 11.1 Å². The van der Waals surface area contributed by atoms with Gasteiger partial charge in [-0.2, -0.15) is 4.58 Å². The summed E-state index contributed by atoms with van der Waals surface area (Å²) in [5, 5.41) is 0. The van der Waals surface area contributed by atoms with Crippen LogP contribution in [0.5, 0.6) is 5.75 Å². The topological polar surface area (TPSA) is 24.7 Å². The Hall–Kier alpha value is -2.76. The molecule has 0 radical (unpaired) electrons. The van der Waals surface area contributed by atoms with Crippen molar-refractivity contribution in [2.45, 2.75) is 11.8 Å². The molecule has 136 valence electrons. The van der Waals surface area contributed by atoms with Crippen LogP contribution < -0.4 is 9.79 Å². The van der Waals surface area contributed by atoms with Crippen molar-refractivity contribution < 1.29 is 13.8 Å². The molecule has 0 aliphatic carbocycles. The van der Waals surface area contributed by atoms with Gasteiger partial charge in [0.1, 0.15) is 0 Å². The largest absolute Gasteiger partial charge is 0.325 e. The zero-order valence-corrected chi connectivity index (χ0v) is 16.1. The highest BCUT2D eigenvalue weighted by molar-refractivity contribution is 7.94. The van der Waals surface area contributed by atoms with Crippen LogP contribution in [0.2, 0.25) is 0 Å². The molecule has 0 N–H and O–H groups in total. The van der Waals surface area contributed by atoms with Crippen molar-refractivity contribution in [1.82, 2.24) is 0 Å². The molecule has 3 aromatic carbocycles. The maximum Gasteiger partial charge on any atom is 0.224 e. The summed E-state index contributed by atoms with van der Waals surface area (Å²) < 4.78 is 7.61. The van der Waals surface area contributed by atoms with Gasteiger partial charge in [-0.05, 0) is 36.8 Å². The van der Waals surface area contributed by atoms with Gasteiger partial charge in [0, 0.05) is 24.1 Å². The Balaban J connectivity index is 1.57. The Kier molecular flexibility index (Phi) is 5.14. The second kappa shape index (κ2) is 7.86. The summed E-state index contributed by atoms with van der Waals surface area (Å²) in [6, 6.07) is 24.1. The average Bonchev–Trinajstić information content (AvgIpc) is 2.69. The molecule has 1 heterocycles. The van der Waals surface area contributed by atoms with Gasteiger partial charge in [-0.1, -0.05) is 36.4 Å². The highest BCUT2D eigenvalue weighted by Crippen LogP contribution is 2.33. The van der Waals surface area contributed by atoms with E-state index in [2.05, 4.69) is 66.1 Å². The Labute approximate surface area is 163 Å². The molecule has 0 bridgehead atoms.